The lowest BCUT2D eigenvalue weighted by molar-refractivity contribution is -0.137. The third kappa shape index (κ3) is 3.85. The highest BCUT2D eigenvalue weighted by Crippen LogP contribution is 2.30. The molecule has 3 rings (SSSR count). The van der Waals surface area contributed by atoms with Crippen LogP contribution in [0.25, 0.3) is 11.5 Å². The van der Waals surface area contributed by atoms with Crippen molar-refractivity contribution in [2.75, 3.05) is 5.32 Å². The molecule has 25 heavy (non-hydrogen) atoms. The number of nitrogens with zero attached hydrogens (tertiary/aromatic N) is 2. The Hall–Kier alpha value is -3.16. The molecule has 1 N–H and O–H groups in total. The van der Waals surface area contributed by atoms with E-state index in [1.54, 1.807) is 19.1 Å². The van der Waals surface area contributed by atoms with Gasteiger partial charge >= 0.3 is 6.18 Å². The Bertz CT molecular complexity index is 902. The smallest absolute Gasteiger partial charge is 0.334 e. The minimum atomic E-state index is -4.47. The fourth-order valence-corrected chi connectivity index (χ4v) is 2.16. The van der Waals surface area contributed by atoms with E-state index in [1.165, 1.54) is 24.3 Å². The Morgan fingerprint density at radius 2 is 1.84 bits per heavy atom. The van der Waals surface area contributed by atoms with Crippen molar-refractivity contribution in [1.29, 1.82) is 0 Å². The highest BCUT2D eigenvalue weighted by molar-refractivity contribution is 6.04. The van der Waals surface area contributed by atoms with Crippen LogP contribution in [-0.2, 0) is 6.18 Å². The Kier molecular flexibility index (Phi) is 4.26. The van der Waals surface area contributed by atoms with Crippen LogP contribution in [0, 0.1) is 6.92 Å². The molecule has 2 aromatic carbocycles. The van der Waals surface area contributed by atoms with Crippen molar-refractivity contribution < 1.29 is 22.5 Å². The van der Waals surface area contributed by atoms with Crippen molar-refractivity contribution in [1.82, 2.24) is 10.1 Å². The maximum absolute atomic E-state index is 12.7. The number of anilines is 1. The highest BCUT2D eigenvalue weighted by atomic mass is 19.4. The van der Waals surface area contributed by atoms with Gasteiger partial charge in [0.15, 0.2) is 5.82 Å². The zero-order chi connectivity index (χ0) is 18.0. The summed E-state index contributed by atoms with van der Waals surface area (Å²) in [4.78, 5) is 16.3. The lowest BCUT2D eigenvalue weighted by Crippen LogP contribution is -2.13. The maximum Gasteiger partial charge on any atom is 0.416 e. The summed E-state index contributed by atoms with van der Waals surface area (Å²) in [6, 6.07) is 10.7. The summed E-state index contributed by atoms with van der Waals surface area (Å²) < 4.78 is 43.1. The number of carbonyl (C=O) groups excluding carboxylic acids is 1. The number of amides is 1. The first-order valence-electron chi connectivity index (χ1n) is 7.22. The summed E-state index contributed by atoms with van der Waals surface area (Å²) in [5.41, 5.74) is 0.164. The fraction of sp³-hybridized carbons (Fsp3) is 0.118. The van der Waals surface area contributed by atoms with E-state index in [1.807, 2.05) is 0 Å². The largest absolute Gasteiger partial charge is 0.416 e. The molecule has 0 aliphatic heterocycles. The lowest BCUT2D eigenvalue weighted by atomic mass is 10.1. The van der Waals surface area contributed by atoms with Crippen molar-refractivity contribution in [3.63, 3.8) is 0 Å². The molecule has 5 nitrogen and oxygen atoms in total. The molecular formula is C17H12F3N3O2. The summed E-state index contributed by atoms with van der Waals surface area (Å²) in [7, 11) is 0. The number of rotatable bonds is 3. The number of nitrogens with one attached hydrogen (secondary N) is 1. The molecule has 0 bridgehead atoms. The van der Waals surface area contributed by atoms with Gasteiger partial charge in [-0.05, 0) is 49.4 Å². The van der Waals surface area contributed by atoms with E-state index < -0.39 is 17.6 Å². The van der Waals surface area contributed by atoms with Crippen molar-refractivity contribution in [3.8, 4) is 11.5 Å². The molecule has 0 aliphatic carbocycles. The van der Waals surface area contributed by atoms with Crippen LogP contribution < -0.4 is 5.32 Å². The molecular weight excluding hydrogens is 335 g/mol. The number of hydrogen-bond donors (Lipinski definition) is 1. The maximum atomic E-state index is 12.7. The van der Waals surface area contributed by atoms with Crippen molar-refractivity contribution in [2.45, 2.75) is 13.1 Å². The van der Waals surface area contributed by atoms with Crippen LogP contribution in [0.1, 0.15) is 21.7 Å². The van der Waals surface area contributed by atoms with E-state index >= 15 is 0 Å². The Balaban J connectivity index is 1.75. The quantitative estimate of drug-likeness (QED) is 0.766. The number of alkyl halides is 3. The molecule has 0 fully saturated rings. The van der Waals surface area contributed by atoms with Crippen LogP contribution in [0.3, 0.4) is 0 Å². The number of carbonyl (C=O) groups is 1. The molecule has 1 heterocycles. The highest BCUT2D eigenvalue weighted by Gasteiger charge is 2.30. The number of benzene rings is 2. The van der Waals surface area contributed by atoms with Gasteiger partial charge in [0, 0.05) is 16.8 Å². The van der Waals surface area contributed by atoms with Crippen molar-refractivity contribution >= 4 is 11.6 Å². The number of aromatic nitrogens is 2. The van der Waals surface area contributed by atoms with Gasteiger partial charge in [0.25, 0.3) is 11.8 Å². The summed E-state index contributed by atoms with van der Waals surface area (Å²) >= 11 is 0. The van der Waals surface area contributed by atoms with Crippen LogP contribution in [0.15, 0.2) is 53.1 Å². The molecule has 0 spiro atoms. The summed E-state index contributed by atoms with van der Waals surface area (Å²) in [6.07, 6.45) is -4.47. The average molecular weight is 347 g/mol. The summed E-state index contributed by atoms with van der Waals surface area (Å²) in [5, 5.41) is 6.12. The van der Waals surface area contributed by atoms with Gasteiger partial charge in [-0.25, -0.2) is 0 Å². The van der Waals surface area contributed by atoms with Crippen LogP contribution >= 0.6 is 0 Å². The monoisotopic (exact) mass is 347 g/mol. The van der Waals surface area contributed by atoms with Gasteiger partial charge in [0.05, 0.1) is 5.56 Å². The zero-order valence-electron chi connectivity index (χ0n) is 13.0. The molecule has 1 amide bonds. The van der Waals surface area contributed by atoms with Gasteiger partial charge in [-0.2, -0.15) is 18.2 Å². The lowest BCUT2D eigenvalue weighted by Gasteiger charge is -2.10. The van der Waals surface area contributed by atoms with Crippen LogP contribution in [0.2, 0.25) is 0 Å². The third-order valence-corrected chi connectivity index (χ3v) is 3.37. The predicted molar refractivity (Wildman–Crippen MR) is 83.9 cm³/mol. The van der Waals surface area contributed by atoms with Crippen LogP contribution in [0.5, 0.6) is 0 Å². The fourth-order valence-electron chi connectivity index (χ4n) is 2.16. The van der Waals surface area contributed by atoms with E-state index in [9.17, 15) is 18.0 Å². The van der Waals surface area contributed by atoms with Crippen molar-refractivity contribution in [2.24, 2.45) is 0 Å². The van der Waals surface area contributed by atoms with Gasteiger partial charge < -0.3 is 9.84 Å². The second-order valence-electron chi connectivity index (χ2n) is 5.26. The number of aryl methyl sites for hydroxylation is 1. The molecule has 0 saturated heterocycles. The topological polar surface area (TPSA) is 68.0 Å². The van der Waals surface area contributed by atoms with Gasteiger partial charge in [0.1, 0.15) is 0 Å². The second-order valence-corrected chi connectivity index (χ2v) is 5.26. The van der Waals surface area contributed by atoms with E-state index in [4.69, 9.17) is 4.52 Å². The Morgan fingerprint density at radius 3 is 2.44 bits per heavy atom. The SMILES string of the molecule is Cc1noc(-c2ccc(C(=O)Nc3cccc(C(F)(F)F)c3)cc2)n1. The number of halogens is 3. The average Bonchev–Trinajstić information content (AvgIpc) is 3.01. The first kappa shape index (κ1) is 16.7. The second kappa shape index (κ2) is 6.39. The minimum Gasteiger partial charge on any atom is -0.334 e. The molecule has 0 aliphatic rings. The molecule has 128 valence electrons. The molecule has 3 aromatic rings. The van der Waals surface area contributed by atoms with Crippen molar-refractivity contribution in [3.05, 3.63) is 65.5 Å². The number of hydrogen-bond acceptors (Lipinski definition) is 4. The van der Waals surface area contributed by atoms with E-state index in [0.717, 1.165) is 12.1 Å². The Labute approximate surface area is 140 Å². The van der Waals surface area contributed by atoms with E-state index in [2.05, 4.69) is 15.5 Å². The molecule has 0 saturated carbocycles. The van der Waals surface area contributed by atoms with Gasteiger partial charge in [0.2, 0.25) is 0 Å². The van der Waals surface area contributed by atoms with E-state index in [0.29, 0.717) is 17.3 Å². The molecule has 0 atom stereocenters. The molecule has 0 unspecified atom stereocenters. The first-order chi connectivity index (χ1) is 11.8. The molecule has 8 heteroatoms. The molecule has 0 radical (unpaired) electrons. The van der Waals surface area contributed by atoms with E-state index in [-0.39, 0.29) is 11.3 Å². The summed E-state index contributed by atoms with van der Waals surface area (Å²) in [5.74, 6) is 0.288. The van der Waals surface area contributed by atoms with Gasteiger partial charge in [-0.1, -0.05) is 11.2 Å². The first-order valence-corrected chi connectivity index (χ1v) is 7.22. The van der Waals surface area contributed by atoms with Gasteiger partial charge in [-0.15, -0.1) is 0 Å². The molecule has 1 aromatic heterocycles. The van der Waals surface area contributed by atoms with Crippen LogP contribution in [-0.4, -0.2) is 16.0 Å². The zero-order valence-corrected chi connectivity index (χ0v) is 13.0. The van der Waals surface area contributed by atoms with Gasteiger partial charge in [-0.3, -0.25) is 4.79 Å². The third-order valence-electron chi connectivity index (χ3n) is 3.37. The minimum absolute atomic E-state index is 0.0661. The van der Waals surface area contributed by atoms with Crippen LogP contribution in [0.4, 0.5) is 18.9 Å². The predicted octanol–water partition coefficient (Wildman–Crippen LogP) is 4.32. The standard InChI is InChI=1S/C17H12F3N3O2/c1-10-21-16(25-23-10)12-7-5-11(6-8-12)15(24)22-14-4-2-3-13(9-14)17(18,19)20/h2-9H,1H3,(H,22,24). The summed E-state index contributed by atoms with van der Waals surface area (Å²) in [6.45, 7) is 1.68. The Morgan fingerprint density at radius 1 is 1.12 bits per heavy atom. The normalized spacial score (nSPS) is 11.4.